The summed E-state index contributed by atoms with van der Waals surface area (Å²) in [5.74, 6) is 0.808. The highest BCUT2D eigenvalue weighted by Crippen LogP contribution is 2.43. The van der Waals surface area contributed by atoms with Crippen molar-refractivity contribution in [2.75, 3.05) is 11.0 Å². The molecule has 1 fully saturated rings. The first kappa shape index (κ1) is 10.6. The van der Waals surface area contributed by atoms with Gasteiger partial charge in [-0.25, -0.2) is 8.42 Å². The van der Waals surface area contributed by atoms with Crippen molar-refractivity contribution in [1.29, 1.82) is 0 Å². The highest BCUT2D eigenvalue weighted by Gasteiger charge is 2.27. The van der Waals surface area contributed by atoms with Crippen molar-refractivity contribution in [3.8, 4) is 0 Å². The third-order valence-electron chi connectivity index (χ3n) is 2.83. The Balaban J connectivity index is 2.13. The number of anilines is 1. The van der Waals surface area contributed by atoms with E-state index in [2.05, 4.69) is 9.88 Å². The summed E-state index contributed by atoms with van der Waals surface area (Å²) in [6.45, 7) is 0. The topological polar surface area (TPSA) is 72.2 Å². The van der Waals surface area contributed by atoms with Gasteiger partial charge in [0, 0.05) is 5.56 Å². The summed E-state index contributed by atoms with van der Waals surface area (Å²) in [6, 6.07) is 5.72. The Morgan fingerprint density at radius 2 is 2.18 bits per heavy atom. The molecule has 0 aliphatic heterocycles. The molecule has 0 bridgehead atoms. The largest absolute Gasteiger partial charge is 0.354 e. The van der Waals surface area contributed by atoms with Crippen LogP contribution in [0.2, 0.25) is 0 Å². The molecule has 5 nitrogen and oxygen atoms in total. The van der Waals surface area contributed by atoms with Crippen molar-refractivity contribution >= 4 is 26.8 Å². The van der Waals surface area contributed by atoms with Crippen molar-refractivity contribution < 1.29 is 12.9 Å². The molecule has 0 unspecified atom stereocenters. The van der Waals surface area contributed by atoms with E-state index in [1.54, 1.807) is 0 Å². The molecule has 17 heavy (non-hydrogen) atoms. The zero-order chi connectivity index (χ0) is 12.0. The Labute approximate surface area is 98.8 Å². The SMILES string of the molecule is CS(=O)(=O)Nc1noc2c(C3CC3)cccc12. The predicted molar refractivity (Wildman–Crippen MR) is 64.5 cm³/mol. The molecule has 3 rings (SSSR count). The van der Waals surface area contributed by atoms with Crippen LogP contribution in [0.15, 0.2) is 22.7 Å². The summed E-state index contributed by atoms with van der Waals surface area (Å²) in [6.07, 6.45) is 3.42. The third kappa shape index (κ3) is 2.00. The van der Waals surface area contributed by atoms with Gasteiger partial charge in [0.15, 0.2) is 11.4 Å². The first-order valence-electron chi connectivity index (χ1n) is 5.41. The van der Waals surface area contributed by atoms with Crippen LogP contribution in [-0.4, -0.2) is 19.8 Å². The third-order valence-corrected chi connectivity index (χ3v) is 3.39. The van der Waals surface area contributed by atoms with Crippen LogP contribution < -0.4 is 4.72 Å². The molecule has 6 heteroatoms. The lowest BCUT2D eigenvalue weighted by Gasteiger charge is -1.99. The number of hydrogen-bond acceptors (Lipinski definition) is 4. The van der Waals surface area contributed by atoms with Crippen LogP contribution in [0.1, 0.15) is 24.3 Å². The minimum atomic E-state index is -3.33. The van der Waals surface area contributed by atoms with E-state index in [1.165, 1.54) is 0 Å². The second kappa shape index (κ2) is 3.46. The van der Waals surface area contributed by atoms with E-state index in [4.69, 9.17) is 4.52 Å². The number of rotatable bonds is 3. The summed E-state index contributed by atoms with van der Waals surface area (Å²) >= 11 is 0. The lowest BCUT2D eigenvalue weighted by molar-refractivity contribution is 0.457. The molecule has 0 amide bonds. The van der Waals surface area contributed by atoms with Crippen LogP contribution in [0.5, 0.6) is 0 Å². The highest BCUT2D eigenvalue weighted by molar-refractivity contribution is 7.92. The smallest absolute Gasteiger partial charge is 0.231 e. The number of benzene rings is 1. The Hall–Kier alpha value is -1.56. The van der Waals surface area contributed by atoms with Gasteiger partial charge in [0.1, 0.15) is 0 Å². The van der Waals surface area contributed by atoms with Gasteiger partial charge in [-0.2, -0.15) is 0 Å². The van der Waals surface area contributed by atoms with Crippen LogP contribution >= 0.6 is 0 Å². The Kier molecular flexibility index (Phi) is 2.16. The number of aromatic nitrogens is 1. The molecule has 0 atom stereocenters. The number of hydrogen-bond donors (Lipinski definition) is 1. The van der Waals surface area contributed by atoms with E-state index >= 15 is 0 Å². The second-order valence-corrected chi connectivity index (χ2v) is 6.15. The van der Waals surface area contributed by atoms with Crippen molar-refractivity contribution in [3.63, 3.8) is 0 Å². The van der Waals surface area contributed by atoms with Crippen LogP contribution in [0.4, 0.5) is 5.82 Å². The molecule has 2 aromatic rings. The van der Waals surface area contributed by atoms with E-state index in [0.717, 1.165) is 30.0 Å². The van der Waals surface area contributed by atoms with Gasteiger partial charge in [0.25, 0.3) is 0 Å². The van der Waals surface area contributed by atoms with Crippen molar-refractivity contribution in [3.05, 3.63) is 23.8 Å². The molecule has 1 aliphatic carbocycles. The highest BCUT2D eigenvalue weighted by atomic mass is 32.2. The van der Waals surface area contributed by atoms with Gasteiger partial charge in [-0.15, -0.1) is 0 Å². The Morgan fingerprint density at radius 3 is 2.82 bits per heavy atom. The van der Waals surface area contributed by atoms with E-state index in [9.17, 15) is 8.42 Å². The van der Waals surface area contributed by atoms with Gasteiger partial charge in [-0.3, -0.25) is 4.72 Å². The second-order valence-electron chi connectivity index (χ2n) is 4.40. The van der Waals surface area contributed by atoms with E-state index in [1.807, 2.05) is 18.2 Å². The molecule has 90 valence electrons. The monoisotopic (exact) mass is 252 g/mol. The summed E-state index contributed by atoms with van der Waals surface area (Å²) in [7, 11) is -3.33. The fraction of sp³-hybridized carbons (Fsp3) is 0.364. The minimum absolute atomic E-state index is 0.269. The number of para-hydroxylation sites is 1. The molecule has 1 saturated carbocycles. The summed E-state index contributed by atoms with van der Waals surface area (Å²) in [5.41, 5.74) is 1.82. The van der Waals surface area contributed by atoms with Crippen molar-refractivity contribution in [1.82, 2.24) is 5.16 Å². The maximum Gasteiger partial charge on any atom is 0.231 e. The molecule has 1 heterocycles. The molecule has 0 spiro atoms. The average molecular weight is 252 g/mol. The first-order chi connectivity index (χ1) is 8.04. The molecular formula is C11H12N2O3S. The lowest BCUT2D eigenvalue weighted by atomic mass is 10.1. The van der Waals surface area contributed by atoms with Crippen molar-refractivity contribution in [2.24, 2.45) is 0 Å². The fourth-order valence-electron chi connectivity index (χ4n) is 1.95. The lowest BCUT2D eigenvalue weighted by Crippen LogP contribution is -2.09. The van der Waals surface area contributed by atoms with Gasteiger partial charge in [-0.1, -0.05) is 17.3 Å². The first-order valence-corrected chi connectivity index (χ1v) is 7.30. The summed E-state index contributed by atoms with van der Waals surface area (Å²) in [5, 5.41) is 4.51. The van der Waals surface area contributed by atoms with Crippen LogP contribution in [0.3, 0.4) is 0 Å². The van der Waals surface area contributed by atoms with E-state index < -0.39 is 10.0 Å². The molecule has 1 aliphatic rings. The van der Waals surface area contributed by atoms with E-state index in [0.29, 0.717) is 11.5 Å². The van der Waals surface area contributed by atoms with Crippen LogP contribution in [0.25, 0.3) is 11.0 Å². The van der Waals surface area contributed by atoms with Crippen LogP contribution in [-0.2, 0) is 10.0 Å². The number of sulfonamides is 1. The van der Waals surface area contributed by atoms with Gasteiger partial charge in [0.05, 0.1) is 11.6 Å². The van der Waals surface area contributed by atoms with Gasteiger partial charge >= 0.3 is 0 Å². The minimum Gasteiger partial charge on any atom is -0.354 e. The van der Waals surface area contributed by atoms with Crippen LogP contribution in [0, 0.1) is 0 Å². The van der Waals surface area contributed by atoms with Gasteiger partial charge < -0.3 is 4.52 Å². The number of nitrogens with zero attached hydrogens (tertiary/aromatic N) is 1. The maximum absolute atomic E-state index is 11.2. The zero-order valence-electron chi connectivity index (χ0n) is 9.30. The normalized spacial score (nSPS) is 16.3. The molecule has 0 saturated heterocycles. The Bertz CT molecular complexity index is 671. The molecule has 1 aromatic heterocycles. The van der Waals surface area contributed by atoms with Gasteiger partial charge in [-0.05, 0) is 24.8 Å². The zero-order valence-corrected chi connectivity index (χ0v) is 10.1. The Morgan fingerprint density at radius 1 is 1.41 bits per heavy atom. The molecule has 1 N–H and O–H groups in total. The number of fused-ring (bicyclic) bond motifs is 1. The molecular weight excluding hydrogens is 240 g/mol. The standard InChI is InChI=1S/C11H12N2O3S/c1-17(14,15)13-11-9-4-2-3-8(7-5-6-7)10(9)16-12-11/h2-4,7H,5-6H2,1H3,(H,12,13). The van der Waals surface area contributed by atoms with Crippen molar-refractivity contribution in [2.45, 2.75) is 18.8 Å². The quantitative estimate of drug-likeness (QED) is 0.907. The van der Waals surface area contributed by atoms with Gasteiger partial charge in [0.2, 0.25) is 10.0 Å². The molecule has 1 aromatic carbocycles. The molecule has 0 radical (unpaired) electrons. The number of nitrogens with one attached hydrogen (secondary N) is 1. The van der Waals surface area contributed by atoms with E-state index in [-0.39, 0.29) is 5.82 Å². The summed E-state index contributed by atoms with van der Waals surface area (Å²) < 4.78 is 30.0. The maximum atomic E-state index is 11.2. The fourth-order valence-corrected chi connectivity index (χ4v) is 2.45. The average Bonchev–Trinajstić information content (AvgIpc) is 3.01. The summed E-state index contributed by atoms with van der Waals surface area (Å²) in [4.78, 5) is 0. The predicted octanol–water partition coefficient (Wildman–Crippen LogP) is 2.08.